The van der Waals surface area contributed by atoms with Crippen molar-refractivity contribution in [2.45, 2.75) is 37.1 Å². The number of benzene rings is 1. The molecule has 0 aliphatic heterocycles. The summed E-state index contributed by atoms with van der Waals surface area (Å²) in [4.78, 5) is 4.78. The summed E-state index contributed by atoms with van der Waals surface area (Å²) in [5.74, 6) is 0.160. The normalized spacial score (nSPS) is 23.6. The van der Waals surface area contributed by atoms with E-state index in [-0.39, 0.29) is 11.5 Å². The maximum absolute atomic E-state index is 6.17. The molecule has 1 aliphatic rings. The van der Waals surface area contributed by atoms with Crippen LogP contribution in [-0.4, -0.2) is 15.6 Å². The Morgan fingerprint density at radius 3 is 2.18 bits per heavy atom. The van der Waals surface area contributed by atoms with Crippen LogP contribution in [0, 0.1) is 5.92 Å². The van der Waals surface area contributed by atoms with E-state index in [1.165, 1.54) is 0 Å². The molecule has 1 saturated carbocycles. The van der Waals surface area contributed by atoms with Crippen molar-refractivity contribution in [1.82, 2.24) is 0 Å². The van der Waals surface area contributed by atoms with Gasteiger partial charge in [0.1, 0.15) is 4.33 Å². The van der Waals surface area contributed by atoms with E-state index >= 15 is 0 Å². The molecule has 17 heavy (non-hydrogen) atoms. The van der Waals surface area contributed by atoms with Gasteiger partial charge in [-0.1, -0.05) is 30.3 Å². The highest BCUT2D eigenvalue weighted by Crippen LogP contribution is 2.55. The third kappa shape index (κ3) is 3.23. The molecule has 1 aromatic carbocycles. The molecule has 0 N–H and O–H groups in total. The van der Waals surface area contributed by atoms with Gasteiger partial charge in [-0.15, -0.1) is 23.2 Å². The minimum absolute atomic E-state index is 0.113. The van der Waals surface area contributed by atoms with Gasteiger partial charge in [-0.3, -0.25) is 4.99 Å². The van der Waals surface area contributed by atoms with Crippen molar-refractivity contribution < 1.29 is 0 Å². The number of aliphatic imine (C=N–C) groups is 1. The molecule has 0 saturated heterocycles. The highest BCUT2D eigenvalue weighted by atomic mass is 35.5. The Kier molecular flexibility index (Phi) is 3.26. The minimum Gasteiger partial charge on any atom is -0.283 e. The van der Waals surface area contributed by atoms with Crippen molar-refractivity contribution in [2.24, 2.45) is 10.9 Å². The maximum Gasteiger partial charge on any atom is 0.127 e. The van der Waals surface area contributed by atoms with Crippen LogP contribution in [0.4, 0.5) is 0 Å². The summed E-state index contributed by atoms with van der Waals surface area (Å²) in [6, 6.07) is 10.2. The van der Waals surface area contributed by atoms with E-state index in [4.69, 9.17) is 28.2 Å². The molecule has 1 aliphatic carbocycles. The van der Waals surface area contributed by atoms with Gasteiger partial charge in [-0.2, -0.15) is 0 Å². The Morgan fingerprint density at radius 2 is 1.76 bits per heavy atom. The minimum atomic E-state index is -0.625. The average molecular weight is 270 g/mol. The monoisotopic (exact) mass is 269 g/mol. The molecular weight excluding hydrogens is 253 g/mol. The summed E-state index contributed by atoms with van der Waals surface area (Å²) in [5, 5.41) is 0. The fourth-order valence-corrected chi connectivity index (χ4v) is 2.34. The second-order valence-electron chi connectivity index (χ2n) is 5.55. The van der Waals surface area contributed by atoms with Crippen LogP contribution in [0.5, 0.6) is 0 Å². The molecule has 1 aromatic rings. The Bertz CT molecular complexity index is 429. The molecule has 0 spiro atoms. The van der Waals surface area contributed by atoms with Gasteiger partial charge in [-0.25, -0.2) is 0 Å². The molecule has 0 radical (unpaired) electrons. The van der Waals surface area contributed by atoms with Crippen molar-refractivity contribution in [3.63, 3.8) is 0 Å². The molecule has 0 amide bonds. The SMILES string of the molecule is CC(C)(C)N=C(c1ccccc1)C1CC1(Cl)Cl. The third-order valence-corrected chi connectivity index (χ3v) is 3.52. The summed E-state index contributed by atoms with van der Waals surface area (Å²) < 4.78 is -0.625. The van der Waals surface area contributed by atoms with Gasteiger partial charge in [0, 0.05) is 11.6 Å². The molecule has 1 fully saturated rings. The van der Waals surface area contributed by atoms with Crippen LogP contribution >= 0.6 is 23.2 Å². The van der Waals surface area contributed by atoms with E-state index < -0.39 is 4.33 Å². The van der Waals surface area contributed by atoms with Gasteiger partial charge in [0.25, 0.3) is 0 Å². The maximum atomic E-state index is 6.17. The largest absolute Gasteiger partial charge is 0.283 e. The molecule has 1 unspecified atom stereocenters. The predicted octanol–water partition coefficient (Wildman–Crippen LogP) is 4.47. The van der Waals surface area contributed by atoms with Crippen LogP contribution in [0.1, 0.15) is 32.8 Å². The summed E-state index contributed by atoms with van der Waals surface area (Å²) in [5.41, 5.74) is 2.04. The zero-order valence-corrected chi connectivity index (χ0v) is 11.9. The lowest BCUT2D eigenvalue weighted by Crippen LogP contribution is -2.18. The van der Waals surface area contributed by atoms with Gasteiger partial charge < -0.3 is 0 Å². The number of hydrogen-bond donors (Lipinski definition) is 0. The van der Waals surface area contributed by atoms with Crippen LogP contribution in [0.25, 0.3) is 0 Å². The second-order valence-corrected chi connectivity index (χ2v) is 7.09. The highest BCUT2D eigenvalue weighted by Gasteiger charge is 2.54. The fraction of sp³-hybridized carbons (Fsp3) is 0.500. The quantitative estimate of drug-likeness (QED) is 0.555. The first-order valence-electron chi connectivity index (χ1n) is 5.83. The van der Waals surface area contributed by atoms with Crippen LogP contribution in [-0.2, 0) is 0 Å². The van der Waals surface area contributed by atoms with Crippen molar-refractivity contribution in [1.29, 1.82) is 0 Å². The van der Waals surface area contributed by atoms with Gasteiger partial charge in [0.2, 0.25) is 0 Å². The number of halogens is 2. The number of alkyl halides is 2. The molecule has 2 rings (SSSR count). The van der Waals surface area contributed by atoms with Crippen molar-refractivity contribution in [2.75, 3.05) is 0 Å². The molecule has 0 bridgehead atoms. The molecule has 3 heteroatoms. The molecule has 1 nitrogen and oxygen atoms in total. The van der Waals surface area contributed by atoms with Gasteiger partial charge in [0.15, 0.2) is 0 Å². The lowest BCUT2D eigenvalue weighted by Gasteiger charge is -2.17. The Labute approximate surface area is 113 Å². The van der Waals surface area contributed by atoms with Crippen molar-refractivity contribution in [3.8, 4) is 0 Å². The Balaban J connectivity index is 2.37. The lowest BCUT2D eigenvalue weighted by molar-refractivity contribution is 0.581. The fourth-order valence-electron chi connectivity index (χ4n) is 1.82. The van der Waals surface area contributed by atoms with Crippen LogP contribution in [0.3, 0.4) is 0 Å². The zero-order chi connectivity index (χ0) is 12.7. The van der Waals surface area contributed by atoms with Crippen LogP contribution in [0.15, 0.2) is 35.3 Å². The van der Waals surface area contributed by atoms with Gasteiger partial charge in [0.05, 0.1) is 5.54 Å². The Morgan fingerprint density at radius 1 is 1.24 bits per heavy atom. The molecule has 0 heterocycles. The number of rotatable bonds is 2. The summed E-state index contributed by atoms with van der Waals surface area (Å²) in [6.45, 7) is 6.26. The predicted molar refractivity (Wildman–Crippen MR) is 75.3 cm³/mol. The number of hydrogen-bond acceptors (Lipinski definition) is 1. The summed E-state index contributed by atoms with van der Waals surface area (Å²) in [7, 11) is 0. The van der Waals surface area contributed by atoms with E-state index in [1.54, 1.807) is 0 Å². The zero-order valence-electron chi connectivity index (χ0n) is 10.4. The van der Waals surface area contributed by atoms with Gasteiger partial charge in [-0.05, 0) is 32.8 Å². The molecule has 92 valence electrons. The van der Waals surface area contributed by atoms with Crippen LogP contribution < -0.4 is 0 Å². The standard InChI is InChI=1S/C14H17Cl2N/c1-13(2,3)17-12(11-9-14(11,15)16)10-7-5-4-6-8-10/h4-8,11H,9H2,1-3H3. The number of nitrogens with zero attached hydrogens (tertiary/aromatic N) is 1. The smallest absolute Gasteiger partial charge is 0.127 e. The first kappa shape index (κ1) is 12.9. The first-order valence-corrected chi connectivity index (χ1v) is 6.58. The van der Waals surface area contributed by atoms with E-state index in [9.17, 15) is 0 Å². The van der Waals surface area contributed by atoms with Gasteiger partial charge >= 0.3 is 0 Å². The van der Waals surface area contributed by atoms with Crippen molar-refractivity contribution in [3.05, 3.63) is 35.9 Å². The van der Waals surface area contributed by atoms with E-state index in [0.717, 1.165) is 17.7 Å². The first-order chi connectivity index (χ1) is 7.80. The van der Waals surface area contributed by atoms with Crippen LogP contribution in [0.2, 0.25) is 0 Å². The molecule has 1 atom stereocenters. The van der Waals surface area contributed by atoms with E-state index in [0.29, 0.717) is 0 Å². The Hall–Kier alpha value is -0.530. The average Bonchev–Trinajstić information content (AvgIpc) is 2.84. The summed E-state index contributed by atoms with van der Waals surface area (Å²) in [6.07, 6.45) is 0.792. The topological polar surface area (TPSA) is 12.4 Å². The van der Waals surface area contributed by atoms with E-state index in [1.807, 2.05) is 18.2 Å². The van der Waals surface area contributed by atoms with E-state index in [2.05, 4.69) is 32.9 Å². The second kappa shape index (κ2) is 4.29. The third-order valence-electron chi connectivity index (χ3n) is 2.68. The molecule has 0 aromatic heterocycles. The van der Waals surface area contributed by atoms with Crippen molar-refractivity contribution >= 4 is 28.9 Å². The summed E-state index contributed by atoms with van der Waals surface area (Å²) >= 11 is 12.3. The molecular formula is C14H17Cl2N. The lowest BCUT2D eigenvalue weighted by atomic mass is 10.0. The highest BCUT2D eigenvalue weighted by molar-refractivity contribution is 6.52.